The number of nitrogens with one attached hydrogen (secondary N) is 2. The van der Waals surface area contributed by atoms with Gasteiger partial charge in [0, 0.05) is 46.7 Å². The van der Waals surface area contributed by atoms with Gasteiger partial charge in [-0.3, -0.25) is 19.5 Å². The van der Waals surface area contributed by atoms with E-state index >= 15 is 0 Å². The molecule has 172 valence electrons. The maximum absolute atomic E-state index is 13.1. The first-order valence-corrected chi connectivity index (χ1v) is 12.8. The maximum Gasteiger partial charge on any atom is 0.261 e. The first-order chi connectivity index (χ1) is 17.0. The summed E-state index contributed by atoms with van der Waals surface area (Å²) < 4.78 is 29.5. The van der Waals surface area contributed by atoms with Crippen LogP contribution in [0, 0.1) is 0 Å². The molecule has 0 atom stereocenters. The minimum atomic E-state index is -3.95. The summed E-state index contributed by atoms with van der Waals surface area (Å²) in [4.78, 5) is 31.1. The van der Waals surface area contributed by atoms with Crippen molar-refractivity contribution in [3.8, 4) is 21.7 Å². The fourth-order valence-corrected chi connectivity index (χ4v) is 6.03. The number of pyridine rings is 2. The Kier molecular flexibility index (Phi) is 5.01. The van der Waals surface area contributed by atoms with Gasteiger partial charge < -0.3 is 5.32 Å². The van der Waals surface area contributed by atoms with Crippen molar-refractivity contribution in [1.82, 2.24) is 25.3 Å². The average Bonchev–Trinajstić information content (AvgIpc) is 3.32. The number of hydrogen-bond acceptors (Lipinski definition) is 8. The molecule has 1 aliphatic heterocycles. The highest BCUT2D eigenvalue weighted by Crippen LogP contribution is 2.37. The Morgan fingerprint density at radius 2 is 1.74 bits per heavy atom. The summed E-state index contributed by atoms with van der Waals surface area (Å²) in [5.74, 6) is -0.399. The summed E-state index contributed by atoms with van der Waals surface area (Å²) in [6.07, 6.45) is 8.00. The first-order valence-electron chi connectivity index (χ1n) is 10.5. The maximum atomic E-state index is 13.1. The van der Waals surface area contributed by atoms with E-state index in [-0.39, 0.29) is 17.0 Å². The summed E-state index contributed by atoms with van der Waals surface area (Å²) in [5.41, 5.74) is 4.34. The van der Waals surface area contributed by atoms with E-state index in [2.05, 4.69) is 30.0 Å². The molecule has 0 spiro atoms. The SMILES string of the molecule is O=C1NCc2cncc(c2)-c2ncnc3cc(sc23)-c2cncc(c2)NS(=O)(=O)c2cccc1c2. The monoisotopic (exact) mass is 500 g/mol. The molecule has 2 N–H and O–H groups in total. The van der Waals surface area contributed by atoms with Crippen LogP contribution in [-0.2, 0) is 16.6 Å². The van der Waals surface area contributed by atoms with E-state index in [1.54, 1.807) is 30.7 Å². The molecule has 1 amide bonds. The van der Waals surface area contributed by atoms with Crippen molar-refractivity contribution >= 4 is 43.2 Å². The van der Waals surface area contributed by atoms with E-state index in [1.807, 2.05) is 12.1 Å². The van der Waals surface area contributed by atoms with E-state index in [0.717, 1.165) is 37.5 Å². The molecule has 0 saturated heterocycles. The Hall–Kier alpha value is -4.22. The third kappa shape index (κ3) is 4.00. The van der Waals surface area contributed by atoms with E-state index in [1.165, 1.54) is 42.1 Å². The van der Waals surface area contributed by atoms with Crippen LogP contribution in [0.2, 0.25) is 0 Å². The summed E-state index contributed by atoms with van der Waals surface area (Å²) >= 11 is 1.48. The molecule has 9 nitrogen and oxygen atoms in total. The number of aromatic nitrogens is 4. The lowest BCUT2D eigenvalue weighted by Gasteiger charge is -2.11. The summed E-state index contributed by atoms with van der Waals surface area (Å²) in [6.45, 7) is 0.217. The Morgan fingerprint density at radius 1 is 0.886 bits per heavy atom. The molecule has 4 aromatic heterocycles. The van der Waals surface area contributed by atoms with Crippen LogP contribution < -0.4 is 10.0 Å². The fourth-order valence-electron chi connectivity index (χ4n) is 3.85. The number of benzene rings is 1. The van der Waals surface area contributed by atoms with Crippen LogP contribution in [0.5, 0.6) is 0 Å². The molecule has 8 bridgehead atoms. The largest absolute Gasteiger partial charge is 0.348 e. The predicted octanol–water partition coefficient (Wildman–Crippen LogP) is 3.86. The number of carbonyl (C=O) groups is 1. The van der Waals surface area contributed by atoms with Crippen LogP contribution >= 0.6 is 11.3 Å². The molecule has 11 heteroatoms. The minimum Gasteiger partial charge on any atom is -0.348 e. The van der Waals surface area contributed by atoms with Crippen LogP contribution in [0.1, 0.15) is 15.9 Å². The van der Waals surface area contributed by atoms with Crippen LogP contribution in [0.25, 0.3) is 31.9 Å². The van der Waals surface area contributed by atoms with Gasteiger partial charge in [0.05, 0.1) is 32.7 Å². The molecule has 0 fully saturated rings. The highest BCUT2D eigenvalue weighted by molar-refractivity contribution is 7.92. The van der Waals surface area contributed by atoms with Gasteiger partial charge in [-0.1, -0.05) is 6.07 Å². The standard InChI is InChI=1S/C24H16N6O3S2/c31-24-15-2-1-3-19(6-15)35(32,33)30-18-5-16(10-26-12-18)21-7-20-23(34-21)22(29-13-28-20)17-4-14(9-27-24)8-25-11-17/h1-8,10-13,30H,9H2,(H,27,31). The zero-order valence-corrected chi connectivity index (χ0v) is 19.6. The third-order valence-corrected chi connectivity index (χ3v) is 8.07. The van der Waals surface area contributed by atoms with E-state index in [4.69, 9.17) is 0 Å². The number of amides is 1. The number of anilines is 1. The van der Waals surface area contributed by atoms with Crippen molar-refractivity contribution in [2.45, 2.75) is 11.4 Å². The number of fused-ring (bicyclic) bond motifs is 9. The van der Waals surface area contributed by atoms with Crippen molar-refractivity contribution < 1.29 is 13.2 Å². The zero-order valence-electron chi connectivity index (χ0n) is 18.0. The number of sulfonamides is 1. The van der Waals surface area contributed by atoms with Crippen LogP contribution in [-0.4, -0.2) is 34.3 Å². The van der Waals surface area contributed by atoms with Gasteiger partial charge in [-0.2, -0.15) is 0 Å². The third-order valence-electron chi connectivity index (χ3n) is 5.51. The topological polar surface area (TPSA) is 127 Å². The van der Waals surface area contributed by atoms with Crippen molar-refractivity contribution in [3.05, 3.63) is 84.7 Å². The van der Waals surface area contributed by atoms with Gasteiger partial charge >= 0.3 is 0 Å². The van der Waals surface area contributed by atoms with Gasteiger partial charge in [0.25, 0.3) is 15.9 Å². The van der Waals surface area contributed by atoms with E-state index in [0.29, 0.717) is 5.69 Å². The fraction of sp³-hybridized carbons (Fsp3) is 0.0417. The molecule has 35 heavy (non-hydrogen) atoms. The number of hydrogen-bond donors (Lipinski definition) is 2. The molecule has 0 aliphatic carbocycles. The Bertz CT molecular complexity index is 1730. The van der Waals surface area contributed by atoms with Crippen molar-refractivity contribution in [3.63, 3.8) is 0 Å². The first kappa shape index (κ1) is 21.3. The van der Waals surface area contributed by atoms with Crippen LogP contribution in [0.15, 0.2) is 78.5 Å². The van der Waals surface area contributed by atoms with Crippen molar-refractivity contribution in [2.75, 3.05) is 4.72 Å². The molecule has 0 unspecified atom stereocenters. The molecule has 0 saturated carbocycles. The molecular formula is C24H16N6O3S2. The van der Waals surface area contributed by atoms with E-state index in [9.17, 15) is 13.2 Å². The Labute approximate surface area is 204 Å². The van der Waals surface area contributed by atoms with Gasteiger partial charge in [0.15, 0.2) is 0 Å². The molecule has 5 aromatic rings. The quantitative estimate of drug-likeness (QED) is 0.331. The summed E-state index contributed by atoms with van der Waals surface area (Å²) in [5, 5.41) is 2.83. The lowest BCUT2D eigenvalue weighted by atomic mass is 10.1. The second kappa shape index (κ2) is 8.22. The van der Waals surface area contributed by atoms with Crippen molar-refractivity contribution in [2.24, 2.45) is 0 Å². The van der Waals surface area contributed by atoms with Gasteiger partial charge in [-0.25, -0.2) is 18.4 Å². The average molecular weight is 501 g/mol. The lowest BCUT2D eigenvalue weighted by Crippen LogP contribution is -2.23. The van der Waals surface area contributed by atoms with Gasteiger partial charge in [0.1, 0.15) is 6.33 Å². The predicted molar refractivity (Wildman–Crippen MR) is 132 cm³/mol. The molecular weight excluding hydrogens is 484 g/mol. The lowest BCUT2D eigenvalue weighted by molar-refractivity contribution is 0.0950. The summed E-state index contributed by atoms with van der Waals surface area (Å²) in [7, 11) is -3.95. The number of rotatable bonds is 0. The normalized spacial score (nSPS) is 14.6. The second-order valence-electron chi connectivity index (χ2n) is 7.91. The number of thiophene rings is 1. The Balaban J connectivity index is 1.55. The summed E-state index contributed by atoms with van der Waals surface area (Å²) in [6, 6.07) is 11.4. The number of carbonyl (C=O) groups excluding carboxylic acids is 1. The van der Waals surface area contributed by atoms with Crippen molar-refractivity contribution in [1.29, 1.82) is 0 Å². The molecule has 0 radical (unpaired) electrons. The smallest absolute Gasteiger partial charge is 0.261 e. The zero-order chi connectivity index (χ0) is 24.0. The van der Waals surface area contributed by atoms with Gasteiger partial charge in [-0.15, -0.1) is 11.3 Å². The second-order valence-corrected chi connectivity index (χ2v) is 10.6. The molecule has 1 aromatic carbocycles. The minimum absolute atomic E-state index is 0.0258. The van der Waals surface area contributed by atoms with Crippen LogP contribution in [0.3, 0.4) is 0 Å². The van der Waals surface area contributed by atoms with E-state index < -0.39 is 15.9 Å². The number of nitrogens with zero attached hydrogens (tertiary/aromatic N) is 4. The molecule has 5 heterocycles. The van der Waals surface area contributed by atoms with Crippen LogP contribution in [0.4, 0.5) is 5.69 Å². The highest BCUT2D eigenvalue weighted by Gasteiger charge is 2.19. The van der Waals surface area contributed by atoms with Gasteiger partial charge in [-0.05, 0) is 42.0 Å². The highest BCUT2D eigenvalue weighted by atomic mass is 32.2. The van der Waals surface area contributed by atoms with Gasteiger partial charge in [0.2, 0.25) is 0 Å². The molecule has 6 rings (SSSR count). The Morgan fingerprint density at radius 3 is 2.66 bits per heavy atom. The molecule has 1 aliphatic rings.